The van der Waals surface area contributed by atoms with Crippen LogP contribution in [0.15, 0.2) is 277 Å². The van der Waals surface area contributed by atoms with Crippen LogP contribution >= 0.6 is 0 Å². The van der Waals surface area contributed by atoms with Gasteiger partial charge in [0, 0.05) is 60.2 Å². The van der Waals surface area contributed by atoms with Crippen molar-refractivity contribution in [1.29, 1.82) is 0 Å². The first-order chi connectivity index (χ1) is 37.7. The van der Waals surface area contributed by atoms with Gasteiger partial charge in [0.1, 0.15) is 11.2 Å². The second kappa shape index (κ2) is 16.7. The van der Waals surface area contributed by atoms with Crippen molar-refractivity contribution in [3.05, 3.63) is 273 Å². The highest BCUT2D eigenvalue weighted by Crippen LogP contribution is 2.43. The molecule has 0 spiro atoms. The Labute approximate surface area is 437 Å². The van der Waals surface area contributed by atoms with E-state index in [2.05, 4.69) is 281 Å². The summed E-state index contributed by atoms with van der Waals surface area (Å²) in [7, 11) is 0. The molecule has 0 radical (unpaired) electrons. The molecule has 0 aliphatic heterocycles. The maximum absolute atomic E-state index is 6.34. The Hall–Kier alpha value is -10.2. The van der Waals surface area contributed by atoms with Crippen LogP contribution in [0.2, 0.25) is 0 Å². The number of nitrogens with zero attached hydrogens (tertiary/aromatic N) is 3. The van der Waals surface area contributed by atoms with Gasteiger partial charge in [-0.05, 0) is 166 Å². The number of hydrogen-bond donors (Lipinski definition) is 0. The lowest BCUT2D eigenvalue weighted by atomic mass is 9.98. The minimum absolute atomic E-state index is 0.884. The largest absolute Gasteiger partial charge is 0.456 e. The molecular weight excluding hydrogens is 923 g/mol. The molecule has 354 valence electrons. The summed E-state index contributed by atoms with van der Waals surface area (Å²) >= 11 is 0. The standard InChI is InChI=1S/C72H45N3O/c1-5-15-46(16-6-1)48-25-32-65-58(39-48)60-41-50(27-34-67(60)73(65)54-19-9-3-10-20-54)52-29-36-69-62(43-52)63-44-53(30-37-70(63)75(69)56-31-38-72-64(45-56)57-23-13-14-24-71(57)76-72)51-28-35-68-61(42-51)59-40-49(47-17-7-2-8-18-47)26-33-66(59)74(68)55-21-11-4-12-22-55/h1-45H. The zero-order chi connectivity index (χ0) is 49.8. The van der Waals surface area contributed by atoms with Crippen LogP contribution in [-0.2, 0) is 0 Å². The monoisotopic (exact) mass is 967 g/mol. The Kier molecular flexibility index (Phi) is 9.30. The highest BCUT2D eigenvalue weighted by molar-refractivity contribution is 6.16. The van der Waals surface area contributed by atoms with E-state index in [1.165, 1.54) is 98.9 Å². The molecule has 4 nitrogen and oxygen atoms in total. The predicted octanol–water partition coefficient (Wildman–Crippen LogP) is 19.5. The predicted molar refractivity (Wildman–Crippen MR) is 318 cm³/mol. The Morgan fingerprint density at radius 1 is 0.184 bits per heavy atom. The highest BCUT2D eigenvalue weighted by Gasteiger charge is 2.20. The molecule has 0 fully saturated rings. The van der Waals surface area contributed by atoms with E-state index < -0.39 is 0 Å². The third-order valence-electron chi connectivity index (χ3n) is 15.8. The van der Waals surface area contributed by atoms with Crippen molar-refractivity contribution in [2.75, 3.05) is 0 Å². The SMILES string of the molecule is c1ccc(-c2ccc3c(c2)c2cc(-c4ccc5c(c4)c4cc(-c6ccc7c(c6)c6cc(-c8ccccc8)ccc6n7-c6ccccc6)ccc4n5-c4ccc5oc6ccccc6c5c4)ccc2n3-c2ccccc2)cc1. The molecule has 4 heteroatoms. The minimum atomic E-state index is 0.884. The number of para-hydroxylation sites is 3. The average Bonchev–Trinajstić information content (AvgIpc) is 4.27. The second-order valence-electron chi connectivity index (χ2n) is 20.1. The summed E-state index contributed by atoms with van der Waals surface area (Å²) in [6.45, 7) is 0. The molecule has 0 aliphatic rings. The average molecular weight is 968 g/mol. The van der Waals surface area contributed by atoms with Crippen LogP contribution in [0.3, 0.4) is 0 Å². The summed E-state index contributed by atoms with van der Waals surface area (Å²) in [4.78, 5) is 0. The van der Waals surface area contributed by atoms with E-state index in [1.54, 1.807) is 0 Å². The molecule has 0 saturated heterocycles. The zero-order valence-corrected chi connectivity index (χ0v) is 41.2. The van der Waals surface area contributed by atoms with Crippen molar-refractivity contribution < 1.29 is 4.42 Å². The van der Waals surface area contributed by atoms with E-state index in [0.717, 1.165) is 50.0 Å². The molecule has 76 heavy (non-hydrogen) atoms. The highest BCUT2D eigenvalue weighted by atomic mass is 16.3. The van der Waals surface area contributed by atoms with Gasteiger partial charge in [0.05, 0.1) is 33.1 Å². The molecule has 16 aromatic rings. The lowest BCUT2D eigenvalue weighted by Crippen LogP contribution is -1.94. The lowest BCUT2D eigenvalue weighted by molar-refractivity contribution is 0.669. The van der Waals surface area contributed by atoms with Crippen molar-refractivity contribution in [3.63, 3.8) is 0 Å². The van der Waals surface area contributed by atoms with Crippen LogP contribution in [0.25, 0.3) is 149 Å². The first kappa shape index (κ1) is 42.4. The van der Waals surface area contributed by atoms with Gasteiger partial charge in [-0.2, -0.15) is 0 Å². The molecule has 16 rings (SSSR count). The maximum atomic E-state index is 6.34. The van der Waals surface area contributed by atoms with Crippen LogP contribution < -0.4 is 0 Å². The molecule has 12 aromatic carbocycles. The Morgan fingerprint density at radius 2 is 0.487 bits per heavy atom. The van der Waals surface area contributed by atoms with Gasteiger partial charge in [0.2, 0.25) is 0 Å². The number of furan rings is 1. The molecular formula is C72H45N3O. The molecule has 0 amide bonds. The van der Waals surface area contributed by atoms with E-state index in [4.69, 9.17) is 4.42 Å². The van der Waals surface area contributed by atoms with Gasteiger partial charge in [-0.25, -0.2) is 0 Å². The summed E-state index contributed by atoms with van der Waals surface area (Å²) in [5, 5.41) is 9.51. The zero-order valence-electron chi connectivity index (χ0n) is 41.2. The molecule has 0 N–H and O–H groups in total. The van der Waals surface area contributed by atoms with E-state index >= 15 is 0 Å². The third kappa shape index (κ3) is 6.57. The lowest BCUT2D eigenvalue weighted by Gasteiger charge is -2.10. The van der Waals surface area contributed by atoms with Gasteiger partial charge in [-0.3, -0.25) is 0 Å². The first-order valence-electron chi connectivity index (χ1n) is 26.1. The fourth-order valence-corrected chi connectivity index (χ4v) is 12.3. The Morgan fingerprint density at radius 3 is 0.868 bits per heavy atom. The Bertz CT molecular complexity index is 4700. The molecule has 0 bridgehead atoms. The number of hydrogen-bond acceptors (Lipinski definition) is 1. The molecule has 0 unspecified atom stereocenters. The van der Waals surface area contributed by atoms with Crippen molar-refractivity contribution in [2.24, 2.45) is 0 Å². The van der Waals surface area contributed by atoms with Crippen molar-refractivity contribution in [3.8, 4) is 61.6 Å². The van der Waals surface area contributed by atoms with E-state index in [0.29, 0.717) is 0 Å². The number of aromatic nitrogens is 3. The molecule has 0 aliphatic carbocycles. The molecule has 0 atom stereocenters. The van der Waals surface area contributed by atoms with Crippen LogP contribution in [0, 0.1) is 0 Å². The molecule has 0 saturated carbocycles. The maximum Gasteiger partial charge on any atom is 0.135 e. The second-order valence-corrected chi connectivity index (χ2v) is 20.1. The van der Waals surface area contributed by atoms with E-state index in [1.807, 2.05) is 6.07 Å². The van der Waals surface area contributed by atoms with Crippen molar-refractivity contribution >= 4 is 87.4 Å². The third-order valence-corrected chi connectivity index (χ3v) is 15.8. The molecule has 4 heterocycles. The molecule has 4 aromatic heterocycles. The van der Waals surface area contributed by atoms with Crippen LogP contribution in [0.4, 0.5) is 0 Å². The number of rotatable bonds is 7. The van der Waals surface area contributed by atoms with Crippen molar-refractivity contribution in [2.45, 2.75) is 0 Å². The smallest absolute Gasteiger partial charge is 0.135 e. The summed E-state index contributed by atoms with van der Waals surface area (Å²) in [5.41, 5.74) is 21.7. The normalized spacial score (nSPS) is 11.9. The summed E-state index contributed by atoms with van der Waals surface area (Å²) < 4.78 is 13.6. The van der Waals surface area contributed by atoms with Gasteiger partial charge in [-0.1, -0.05) is 152 Å². The summed E-state index contributed by atoms with van der Waals surface area (Å²) in [6, 6.07) is 99.7. The van der Waals surface area contributed by atoms with Gasteiger partial charge in [-0.15, -0.1) is 0 Å². The minimum Gasteiger partial charge on any atom is -0.456 e. The van der Waals surface area contributed by atoms with Gasteiger partial charge in [0.15, 0.2) is 0 Å². The van der Waals surface area contributed by atoms with E-state index in [-0.39, 0.29) is 0 Å². The van der Waals surface area contributed by atoms with Crippen LogP contribution in [0.5, 0.6) is 0 Å². The number of benzene rings is 12. The quantitative estimate of drug-likeness (QED) is 0.156. The van der Waals surface area contributed by atoms with Crippen molar-refractivity contribution in [1.82, 2.24) is 13.7 Å². The summed E-state index contributed by atoms with van der Waals surface area (Å²) in [5.74, 6) is 0. The fourth-order valence-electron chi connectivity index (χ4n) is 12.3. The van der Waals surface area contributed by atoms with Gasteiger partial charge < -0.3 is 18.1 Å². The number of fused-ring (bicyclic) bond motifs is 12. The summed E-state index contributed by atoms with van der Waals surface area (Å²) in [6.07, 6.45) is 0. The van der Waals surface area contributed by atoms with Gasteiger partial charge in [0.25, 0.3) is 0 Å². The van der Waals surface area contributed by atoms with Crippen LogP contribution in [0.1, 0.15) is 0 Å². The first-order valence-corrected chi connectivity index (χ1v) is 26.1. The van der Waals surface area contributed by atoms with Crippen LogP contribution in [-0.4, -0.2) is 13.7 Å². The Balaban J connectivity index is 0.907. The fraction of sp³-hybridized carbons (Fsp3) is 0. The van der Waals surface area contributed by atoms with E-state index in [9.17, 15) is 0 Å². The topological polar surface area (TPSA) is 27.9 Å². The van der Waals surface area contributed by atoms with Gasteiger partial charge >= 0.3 is 0 Å².